The second kappa shape index (κ2) is 20.0. The van der Waals surface area contributed by atoms with Crippen LogP contribution in [0, 0.1) is 0 Å². The van der Waals surface area contributed by atoms with E-state index < -0.39 is 88.7 Å². The van der Waals surface area contributed by atoms with Crippen LogP contribution in [0.1, 0.15) is 75.8 Å². The van der Waals surface area contributed by atoms with Crippen molar-refractivity contribution in [3.63, 3.8) is 0 Å². The van der Waals surface area contributed by atoms with E-state index in [0.717, 1.165) is 27.6 Å². The van der Waals surface area contributed by atoms with Crippen molar-refractivity contribution in [3.05, 3.63) is 118 Å². The van der Waals surface area contributed by atoms with E-state index in [1.807, 2.05) is 60.7 Å². The number of methoxy groups -OCH3 is 2. The highest BCUT2D eigenvalue weighted by Crippen LogP contribution is 2.52. The third-order valence-corrected chi connectivity index (χ3v) is 12.7. The standard InChI is InChI=1S/C27H29NO10.C24H26N2O4/c1-10-22(30)14(28)7-17(37-10)38-16-9-27(35,11(2)29)8-13-19(16)26(34)21-20(24(13)32)23(31)12-5-4-6-15(36-3)18(12)25(21)33;1-28-21-10-4-5-11-22(21)29-14-13-25-15-17(27)16-30-23-12-6-9-20-24(23)18-7-2-3-8-19(18)26-20/h4-6,10,14,16-17,22,30,32,34-35H,7-9,28H2,1-3H3;2-12,17,25-27H,13-16H2,1H3/t10-,14-,16-,17-,22+,27-;/m0./s1. The lowest BCUT2D eigenvalue weighted by atomic mass is 9.72. The Morgan fingerprint density at radius 3 is 2.26 bits per heavy atom. The number of hydrogen-bond donors (Lipinski definition) is 8. The summed E-state index contributed by atoms with van der Waals surface area (Å²) < 4.78 is 34.0. The van der Waals surface area contributed by atoms with Gasteiger partial charge in [0.2, 0.25) is 5.78 Å². The summed E-state index contributed by atoms with van der Waals surface area (Å²) in [6.45, 7) is 4.49. The molecule has 5 aromatic carbocycles. The van der Waals surface area contributed by atoms with Crippen molar-refractivity contribution >= 4 is 39.2 Å². The summed E-state index contributed by atoms with van der Waals surface area (Å²) in [4.78, 5) is 43.0. The molecule has 0 amide bonds. The van der Waals surface area contributed by atoms with Gasteiger partial charge in [-0.2, -0.15) is 0 Å². The Morgan fingerprint density at radius 2 is 1.53 bits per heavy atom. The number of benzene rings is 5. The maximum atomic E-state index is 13.6. The maximum Gasteiger partial charge on any atom is 0.202 e. The quantitative estimate of drug-likeness (QED) is 0.0540. The Labute approximate surface area is 391 Å². The molecule has 1 saturated heterocycles. The number of aliphatic hydroxyl groups excluding tert-OH is 2. The first kappa shape index (κ1) is 47.9. The smallest absolute Gasteiger partial charge is 0.202 e. The largest absolute Gasteiger partial charge is 0.507 e. The second-order valence-corrected chi connectivity index (χ2v) is 17.2. The van der Waals surface area contributed by atoms with Gasteiger partial charge in [-0.05, 0) is 50.2 Å². The van der Waals surface area contributed by atoms with Gasteiger partial charge in [0.15, 0.2) is 29.4 Å². The summed E-state index contributed by atoms with van der Waals surface area (Å²) in [7, 11) is 2.96. The van der Waals surface area contributed by atoms with Crippen molar-refractivity contribution in [2.45, 2.75) is 75.5 Å². The van der Waals surface area contributed by atoms with Gasteiger partial charge in [-0.15, -0.1) is 0 Å². The monoisotopic (exact) mass is 933 g/mol. The van der Waals surface area contributed by atoms with Crippen LogP contribution in [0.5, 0.6) is 34.5 Å². The maximum absolute atomic E-state index is 13.6. The summed E-state index contributed by atoms with van der Waals surface area (Å²) in [6, 6.07) is 25.3. The van der Waals surface area contributed by atoms with Crippen LogP contribution in [0.3, 0.4) is 0 Å². The Balaban J connectivity index is 0.000000189. The van der Waals surface area contributed by atoms with Crippen molar-refractivity contribution < 1.29 is 68.3 Å². The molecule has 68 heavy (non-hydrogen) atoms. The van der Waals surface area contributed by atoms with Crippen LogP contribution in [0.2, 0.25) is 0 Å². The molecule has 6 aromatic rings. The van der Waals surface area contributed by atoms with Crippen molar-refractivity contribution in [3.8, 4) is 34.5 Å². The fraction of sp³-hybridized carbons (Fsp3) is 0.353. The number of aromatic amines is 1. The molecule has 358 valence electrons. The number of ether oxygens (including phenoxy) is 6. The molecule has 17 heteroatoms. The molecule has 17 nitrogen and oxygen atoms in total. The first-order valence-electron chi connectivity index (χ1n) is 22.3. The van der Waals surface area contributed by atoms with E-state index in [9.17, 15) is 39.9 Å². The number of H-pyrrole nitrogens is 1. The van der Waals surface area contributed by atoms with E-state index in [0.29, 0.717) is 31.2 Å². The SMILES string of the molecule is COc1cccc2c1C(=O)c1c(O)c3c(c(O)c1C2=O)C[C@@](O)(C(C)=O)C[C@@H]3O[C@H]1C[C@H](N)[C@H](O)[C@H](C)O1.COc1ccccc1OCCNCC(O)COc1cccc2[nH]c3ccccc3c12. The summed E-state index contributed by atoms with van der Waals surface area (Å²) in [6.07, 6.45) is -5.16. The van der Waals surface area contributed by atoms with Gasteiger partial charge >= 0.3 is 0 Å². The molecule has 0 radical (unpaired) electrons. The van der Waals surface area contributed by atoms with Crippen molar-refractivity contribution in [1.29, 1.82) is 0 Å². The number of carbonyl (C=O) groups excluding carboxylic acids is 3. The number of Topliss-reactive ketones (excluding diaryl/α,β-unsaturated/α-hetero) is 1. The minimum atomic E-state index is -2.00. The van der Waals surface area contributed by atoms with E-state index in [1.165, 1.54) is 32.2 Å². The van der Waals surface area contributed by atoms with Gasteiger partial charge in [0.1, 0.15) is 47.9 Å². The van der Waals surface area contributed by atoms with Gasteiger partial charge in [0.05, 0.1) is 54.7 Å². The fourth-order valence-electron chi connectivity index (χ4n) is 9.13. The number of nitrogens with one attached hydrogen (secondary N) is 2. The Kier molecular flexibility index (Phi) is 14.1. The van der Waals surface area contributed by atoms with Gasteiger partial charge in [-0.25, -0.2) is 0 Å². The minimum absolute atomic E-state index is 0.0147. The number of aromatic nitrogens is 1. The molecular formula is C51H55N3O14. The van der Waals surface area contributed by atoms with Crippen LogP contribution in [-0.2, 0) is 20.7 Å². The molecule has 1 aliphatic heterocycles. The van der Waals surface area contributed by atoms with Crippen LogP contribution in [0.15, 0.2) is 84.9 Å². The highest BCUT2D eigenvalue weighted by Gasteiger charge is 2.49. The molecule has 2 aliphatic carbocycles. The van der Waals surface area contributed by atoms with E-state index >= 15 is 0 Å². The second-order valence-electron chi connectivity index (χ2n) is 17.2. The molecule has 1 fully saturated rings. The molecule has 2 heterocycles. The Bertz CT molecular complexity index is 2850. The summed E-state index contributed by atoms with van der Waals surface area (Å²) in [5.74, 6) is -0.998. The number of aliphatic hydroxyl groups is 3. The molecule has 1 aromatic heterocycles. The zero-order valence-corrected chi connectivity index (χ0v) is 38.0. The molecule has 9 N–H and O–H groups in total. The number of hydrogen-bond acceptors (Lipinski definition) is 16. The molecule has 3 aliphatic rings. The van der Waals surface area contributed by atoms with Crippen LogP contribution in [-0.4, -0.2) is 125 Å². The number of ketones is 3. The number of rotatable bonds is 14. The van der Waals surface area contributed by atoms with Gasteiger partial charge in [0, 0.05) is 71.4 Å². The Morgan fingerprint density at radius 1 is 0.868 bits per heavy atom. The summed E-state index contributed by atoms with van der Waals surface area (Å²) in [5, 5.41) is 59.8. The fourth-order valence-corrected chi connectivity index (χ4v) is 9.13. The number of fused-ring (bicyclic) bond motifs is 6. The zero-order chi connectivity index (χ0) is 48.4. The minimum Gasteiger partial charge on any atom is -0.507 e. The van der Waals surface area contributed by atoms with Crippen molar-refractivity contribution in [2.24, 2.45) is 5.73 Å². The highest BCUT2D eigenvalue weighted by atomic mass is 16.7. The van der Waals surface area contributed by atoms with Crippen LogP contribution in [0.25, 0.3) is 21.8 Å². The first-order chi connectivity index (χ1) is 32.6. The third kappa shape index (κ3) is 9.21. The normalized spacial score (nSPS) is 22.3. The molecule has 7 atom stereocenters. The van der Waals surface area contributed by atoms with Gasteiger partial charge in [0.25, 0.3) is 0 Å². The van der Waals surface area contributed by atoms with E-state index in [2.05, 4.69) is 16.4 Å². The lowest BCUT2D eigenvalue weighted by Crippen LogP contribution is -2.52. The number of carbonyl (C=O) groups is 3. The number of phenolic OH excluding ortho intramolecular Hbond substituents is 2. The van der Waals surface area contributed by atoms with Crippen LogP contribution >= 0.6 is 0 Å². The lowest BCUT2D eigenvalue weighted by molar-refractivity contribution is -0.247. The first-order valence-corrected chi connectivity index (χ1v) is 22.3. The van der Waals surface area contributed by atoms with Crippen LogP contribution < -0.4 is 30.0 Å². The number of phenols is 2. The average Bonchev–Trinajstić information content (AvgIpc) is 3.72. The molecule has 1 unspecified atom stereocenters. The van der Waals surface area contributed by atoms with E-state index in [-0.39, 0.29) is 47.5 Å². The number of nitrogens with two attached hydrogens (primary N) is 1. The summed E-state index contributed by atoms with van der Waals surface area (Å²) >= 11 is 0. The zero-order valence-electron chi connectivity index (χ0n) is 38.0. The molecule has 0 spiro atoms. The molecule has 9 rings (SSSR count). The molecule has 0 bridgehead atoms. The predicted molar refractivity (Wildman–Crippen MR) is 249 cm³/mol. The predicted octanol–water partition coefficient (Wildman–Crippen LogP) is 4.77. The molecule has 0 saturated carbocycles. The number of para-hydroxylation sites is 3. The van der Waals surface area contributed by atoms with E-state index in [1.54, 1.807) is 14.0 Å². The highest BCUT2D eigenvalue weighted by molar-refractivity contribution is 6.31. The van der Waals surface area contributed by atoms with E-state index in [4.69, 9.17) is 34.2 Å². The van der Waals surface area contributed by atoms with Gasteiger partial charge < -0.3 is 70.0 Å². The Hall–Kier alpha value is -6.57. The molecular weight excluding hydrogens is 879 g/mol. The summed E-state index contributed by atoms with van der Waals surface area (Å²) in [5.41, 5.74) is 5.07. The van der Waals surface area contributed by atoms with Crippen molar-refractivity contribution in [1.82, 2.24) is 10.3 Å². The van der Waals surface area contributed by atoms with Crippen LogP contribution in [0.4, 0.5) is 0 Å². The topological polar surface area (TPSA) is 262 Å². The third-order valence-electron chi connectivity index (χ3n) is 12.7. The number of aromatic hydroxyl groups is 2. The average molecular weight is 934 g/mol. The van der Waals surface area contributed by atoms with Crippen molar-refractivity contribution in [2.75, 3.05) is 40.5 Å². The lowest BCUT2D eigenvalue weighted by Gasteiger charge is -2.42. The van der Waals surface area contributed by atoms with Gasteiger partial charge in [-0.3, -0.25) is 14.4 Å². The van der Waals surface area contributed by atoms with Gasteiger partial charge in [-0.1, -0.05) is 48.5 Å².